The Morgan fingerprint density at radius 3 is 2.80 bits per heavy atom. The van der Waals surface area contributed by atoms with Gasteiger partial charge in [-0.2, -0.15) is 0 Å². The first-order chi connectivity index (χ1) is 6.95. The number of carbonyl (C=O) groups excluding carboxylic acids is 1. The van der Waals surface area contributed by atoms with E-state index in [0.29, 0.717) is 12.3 Å². The number of hydrogen-bond acceptors (Lipinski definition) is 3. The van der Waals surface area contributed by atoms with E-state index in [1.807, 2.05) is 6.92 Å². The molecule has 0 radical (unpaired) electrons. The number of nitrogens with one attached hydrogen (secondary N) is 1. The summed E-state index contributed by atoms with van der Waals surface area (Å²) in [6, 6.07) is 0. The molecule has 4 heteroatoms. The highest BCUT2D eigenvalue weighted by molar-refractivity contribution is 5.85. The molecule has 3 N–H and O–H groups in total. The molecule has 4 nitrogen and oxygen atoms in total. The van der Waals surface area contributed by atoms with Crippen LogP contribution in [-0.4, -0.2) is 43.0 Å². The second kappa shape index (κ2) is 4.94. The summed E-state index contributed by atoms with van der Waals surface area (Å²) in [4.78, 5) is 14.0. The lowest BCUT2D eigenvalue weighted by Crippen LogP contribution is -2.52. The number of amides is 1. The van der Waals surface area contributed by atoms with Gasteiger partial charge in [0.1, 0.15) is 0 Å². The molecule has 1 aliphatic heterocycles. The molecule has 1 saturated heterocycles. The van der Waals surface area contributed by atoms with Crippen LogP contribution in [-0.2, 0) is 4.79 Å². The fraction of sp³-hybridized carbons (Fsp3) is 0.909. The van der Waals surface area contributed by atoms with Gasteiger partial charge in [0, 0.05) is 13.1 Å². The minimum absolute atomic E-state index is 0.0282. The van der Waals surface area contributed by atoms with E-state index in [4.69, 9.17) is 5.73 Å². The smallest absolute Gasteiger partial charge is 0.239 e. The molecule has 1 rings (SSSR count). The van der Waals surface area contributed by atoms with Gasteiger partial charge in [0.05, 0.1) is 5.54 Å². The maximum Gasteiger partial charge on any atom is 0.239 e. The minimum atomic E-state index is -0.718. The van der Waals surface area contributed by atoms with Crippen molar-refractivity contribution in [2.45, 2.75) is 32.2 Å². The fourth-order valence-corrected chi connectivity index (χ4v) is 1.79. The average Bonchev–Trinajstić information content (AvgIpc) is 2.60. The lowest BCUT2D eigenvalue weighted by atomic mass is 9.99. The van der Waals surface area contributed by atoms with Gasteiger partial charge >= 0.3 is 0 Å². The second-order valence-electron chi connectivity index (χ2n) is 4.90. The summed E-state index contributed by atoms with van der Waals surface area (Å²) >= 11 is 0. The summed E-state index contributed by atoms with van der Waals surface area (Å²) in [5.74, 6) is 0.561. The summed E-state index contributed by atoms with van der Waals surface area (Å²) in [5, 5.41) is 2.95. The van der Waals surface area contributed by atoms with Gasteiger partial charge in [0.25, 0.3) is 0 Å². The molecule has 0 saturated carbocycles. The van der Waals surface area contributed by atoms with Gasteiger partial charge in [-0.15, -0.1) is 0 Å². The van der Waals surface area contributed by atoms with E-state index in [1.165, 1.54) is 6.42 Å². The first kappa shape index (κ1) is 12.5. The minimum Gasteiger partial charge on any atom is -0.354 e. The van der Waals surface area contributed by atoms with Crippen LogP contribution < -0.4 is 11.1 Å². The third-order valence-corrected chi connectivity index (χ3v) is 3.29. The summed E-state index contributed by atoms with van der Waals surface area (Å²) in [6.45, 7) is 6.68. The molecule has 0 aromatic heterocycles. The maximum absolute atomic E-state index is 11.7. The van der Waals surface area contributed by atoms with Crippen molar-refractivity contribution in [3.8, 4) is 0 Å². The van der Waals surface area contributed by atoms with Gasteiger partial charge in [-0.3, -0.25) is 4.79 Å². The number of hydrogen-bond donors (Lipinski definition) is 2. The second-order valence-corrected chi connectivity index (χ2v) is 4.90. The van der Waals surface area contributed by atoms with Crippen LogP contribution in [0.2, 0.25) is 0 Å². The van der Waals surface area contributed by atoms with Crippen molar-refractivity contribution < 1.29 is 4.79 Å². The van der Waals surface area contributed by atoms with Crippen LogP contribution in [0.3, 0.4) is 0 Å². The summed E-state index contributed by atoms with van der Waals surface area (Å²) in [5.41, 5.74) is 5.13. The highest BCUT2D eigenvalue weighted by Crippen LogP contribution is 2.13. The topological polar surface area (TPSA) is 58.4 Å². The van der Waals surface area contributed by atoms with Crippen molar-refractivity contribution in [2.75, 3.05) is 26.7 Å². The molecule has 1 amide bonds. The summed E-state index contributed by atoms with van der Waals surface area (Å²) in [7, 11) is 2.11. The monoisotopic (exact) mass is 213 g/mol. The molecule has 1 heterocycles. The summed E-state index contributed by atoms with van der Waals surface area (Å²) < 4.78 is 0. The van der Waals surface area contributed by atoms with E-state index in [-0.39, 0.29) is 5.91 Å². The van der Waals surface area contributed by atoms with Crippen molar-refractivity contribution in [2.24, 2.45) is 11.7 Å². The lowest BCUT2D eigenvalue weighted by molar-refractivity contribution is -0.126. The largest absolute Gasteiger partial charge is 0.354 e. The number of nitrogens with zero attached hydrogens (tertiary/aromatic N) is 1. The molecule has 0 aliphatic carbocycles. The van der Waals surface area contributed by atoms with Crippen LogP contribution in [0.5, 0.6) is 0 Å². The molecule has 0 aromatic carbocycles. The highest BCUT2D eigenvalue weighted by atomic mass is 16.2. The Balaban J connectivity index is 2.28. The van der Waals surface area contributed by atoms with Crippen molar-refractivity contribution in [1.82, 2.24) is 10.2 Å². The predicted molar refractivity (Wildman–Crippen MR) is 61.5 cm³/mol. The molecular weight excluding hydrogens is 190 g/mol. The van der Waals surface area contributed by atoms with E-state index in [2.05, 4.69) is 17.3 Å². The van der Waals surface area contributed by atoms with E-state index in [0.717, 1.165) is 19.6 Å². The van der Waals surface area contributed by atoms with Crippen LogP contribution in [0.25, 0.3) is 0 Å². The third kappa shape index (κ3) is 3.47. The fourth-order valence-electron chi connectivity index (χ4n) is 1.79. The van der Waals surface area contributed by atoms with Gasteiger partial charge in [-0.1, -0.05) is 6.92 Å². The Labute approximate surface area is 92.2 Å². The molecule has 1 fully saturated rings. The molecular formula is C11H23N3O. The maximum atomic E-state index is 11.7. The zero-order chi connectivity index (χ0) is 11.5. The van der Waals surface area contributed by atoms with Crippen LogP contribution in [0.1, 0.15) is 26.7 Å². The zero-order valence-corrected chi connectivity index (χ0v) is 10.0. The number of carbonyl (C=O) groups is 1. The first-order valence-electron chi connectivity index (χ1n) is 5.71. The van der Waals surface area contributed by atoms with Crippen molar-refractivity contribution in [1.29, 1.82) is 0 Å². The van der Waals surface area contributed by atoms with Crippen molar-refractivity contribution >= 4 is 5.91 Å². The molecule has 0 aromatic rings. The molecule has 15 heavy (non-hydrogen) atoms. The summed E-state index contributed by atoms with van der Waals surface area (Å²) in [6.07, 6.45) is 1.84. The predicted octanol–water partition coefficient (Wildman–Crippen LogP) is 0.182. The molecule has 2 atom stereocenters. The van der Waals surface area contributed by atoms with Gasteiger partial charge < -0.3 is 16.0 Å². The van der Waals surface area contributed by atoms with Gasteiger partial charge in [-0.25, -0.2) is 0 Å². The number of rotatable bonds is 4. The normalized spacial score (nSPS) is 26.3. The SMILES string of the molecule is CCC(C)(N)C(=O)NCC1CCN(C)C1. The standard InChI is InChI=1S/C11H23N3O/c1-4-11(2,12)10(15)13-7-9-5-6-14(3)8-9/h9H,4-8,12H2,1-3H3,(H,13,15). The average molecular weight is 213 g/mol. The number of nitrogens with two attached hydrogens (primary N) is 1. The van der Waals surface area contributed by atoms with Crippen molar-refractivity contribution in [3.05, 3.63) is 0 Å². The third-order valence-electron chi connectivity index (χ3n) is 3.29. The zero-order valence-electron chi connectivity index (χ0n) is 10.0. The van der Waals surface area contributed by atoms with Crippen LogP contribution >= 0.6 is 0 Å². The van der Waals surface area contributed by atoms with E-state index in [9.17, 15) is 4.79 Å². The Morgan fingerprint density at radius 2 is 2.33 bits per heavy atom. The number of likely N-dealkylation sites (tertiary alicyclic amines) is 1. The van der Waals surface area contributed by atoms with Crippen LogP contribution in [0.15, 0.2) is 0 Å². The van der Waals surface area contributed by atoms with E-state index in [1.54, 1.807) is 6.92 Å². The quantitative estimate of drug-likeness (QED) is 0.700. The van der Waals surface area contributed by atoms with Crippen molar-refractivity contribution in [3.63, 3.8) is 0 Å². The Kier molecular flexibility index (Phi) is 4.11. The molecule has 0 spiro atoms. The molecule has 2 unspecified atom stereocenters. The molecule has 1 aliphatic rings. The van der Waals surface area contributed by atoms with Gasteiger partial charge in [0.2, 0.25) is 5.91 Å². The Hall–Kier alpha value is -0.610. The van der Waals surface area contributed by atoms with Crippen LogP contribution in [0.4, 0.5) is 0 Å². The lowest BCUT2D eigenvalue weighted by Gasteiger charge is -2.22. The Morgan fingerprint density at radius 1 is 1.67 bits per heavy atom. The molecule has 88 valence electrons. The van der Waals surface area contributed by atoms with Gasteiger partial charge in [-0.05, 0) is 39.3 Å². The van der Waals surface area contributed by atoms with Crippen LogP contribution in [0, 0.1) is 5.92 Å². The first-order valence-corrected chi connectivity index (χ1v) is 5.71. The Bertz CT molecular complexity index is 228. The molecule has 0 bridgehead atoms. The van der Waals surface area contributed by atoms with E-state index >= 15 is 0 Å². The van der Waals surface area contributed by atoms with E-state index < -0.39 is 5.54 Å². The highest BCUT2D eigenvalue weighted by Gasteiger charge is 2.27. The van der Waals surface area contributed by atoms with Gasteiger partial charge in [0.15, 0.2) is 0 Å².